The summed E-state index contributed by atoms with van der Waals surface area (Å²) in [7, 11) is 0. The molecule has 1 heterocycles. The monoisotopic (exact) mass is 176 g/mol. The average Bonchev–Trinajstić information content (AvgIpc) is 2.43. The summed E-state index contributed by atoms with van der Waals surface area (Å²) in [5, 5.41) is 11.2. The van der Waals surface area contributed by atoms with Crippen molar-refractivity contribution in [1.29, 1.82) is 0 Å². The highest BCUT2D eigenvalue weighted by Gasteiger charge is 2.14. The van der Waals surface area contributed by atoms with Gasteiger partial charge in [-0.2, -0.15) is 0 Å². The van der Waals surface area contributed by atoms with E-state index in [9.17, 15) is 14.9 Å². The Bertz CT molecular complexity index is 519. The summed E-state index contributed by atoms with van der Waals surface area (Å²) in [5.41, 5.74) is -0.125. The summed E-state index contributed by atoms with van der Waals surface area (Å²) < 4.78 is 0. The molecule has 0 aliphatic carbocycles. The Balaban J connectivity index is 2.88. The number of para-hydroxylation sites is 1. The molecule has 0 fully saturated rings. The molecule has 5 heteroatoms. The van der Waals surface area contributed by atoms with Crippen LogP contribution in [0.4, 0.5) is 5.69 Å². The number of hydrogen-bond donors (Lipinski definition) is 0. The van der Waals surface area contributed by atoms with Crippen molar-refractivity contribution >= 4 is 17.7 Å². The lowest BCUT2D eigenvalue weighted by Gasteiger charge is -1.88. The first-order chi connectivity index (χ1) is 6.18. The average molecular weight is 176 g/mol. The van der Waals surface area contributed by atoms with Crippen LogP contribution >= 0.6 is 0 Å². The minimum Gasteiger partial charge on any atom is -0.267 e. The molecule has 1 aromatic carbocycles. The molecule has 0 atom stereocenters. The number of benzene rings is 1. The second kappa shape index (κ2) is 2.48. The third kappa shape index (κ3) is 1.10. The van der Waals surface area contributed by atoms with Crippen LogP contribution in [0, 0.1) is 10.1 Å². The van der Waals surface area contributed by atoms with Crippen molar-refractivity contribution in [2.75, 3.05) is 0 Å². The molecule has 1 aliphatic heterocycles. The minimum atomic E-state index is -0.547. The molecule has 5 nitrogen and oxygen atoms in total. The van der Waals surface area contributed by atoms with E-state index in [1.807, 2.05) is 0 Å². The van der Waals surface area contributed by atoms with Gasteiger partial charge in [0.25, 0.3) is 11.6 Å². The van der Waals surface area contributed by atoms with Crippen molar-refractivity contribution in [3.63, 3.8) is 0 Å². The fourth-order valence-electron chi connectivity index (χ4n) is 1.21. The van der Waals surface area contributed by atoms with Crippen LogP contribution in [0.25, 0.3) is 6.08 Å². The highest BCUT2D eigenvalue weighted by molar-refractivity contribution is 6.06. The molecule has 64 valence electrons. The summed E-state index contributed by atoms with van der Waals surface area (Å²) in [5.74, 6) is -0.440. The molecular formula is C8H4N2O3. The van der Waals surface area contributed by atoms with Gasteiger partial charge in [0.05, 0.1) is 4.92 Å². The molecule has 0 bridgehead atoms. The van der Waals surface area contributed by atoms with Crippen molar-refractivity contribution in [1.82, 2.24) is 0 Å². The lowest BCUT2D eigenvalue weighted by molar-refractivity contribution is -0.386. The lowest BCUT2D eigenvalue weighted by Crippen LogP contribution is -2.23. The third-order valence-electron chi connectivity index (χ3n) is 1.74. The van der Waals surface area contributed by atoms with Crippen LogP contribution in [0.2, 0.25) is 0 Å². The molecule has 0 unspecified atom stereocenters. The Morgan fingerprint density at radius 3 is 2.85 bits per heavy atom. The largest absolute Gasteiger partial charge is 0.295 e. The third-order valence-corrected chi connectivity index (χ3v) is 1.74. The van der Waals surface area contributed by atoms with Gasteiger partial charge in [0.15, 0.2) is 5.36 Å². The summed E-state index contributed by atoms with van der Waals surface area (Å²) in [4.78, 5) is 24.3. The topological polar surface area (TPSA) is 72.6 Å². The maximum absolute atomic E-state index is 10.8. The van der Waals surface area contributed by atoms with E-state index in [0.29, 0.717) is 5.22 Å². The van der Waals surface area contributed by atoms with Crippen LogP contribution in [-0.4, -0.2) is 10.8 Å². The number of fused-ring (bicyclic) bond motifs is 1. The number of carbonyl (C=O) groups is 1. The molecule has 0 aromatic heterocycles. The van der Waals surface area contributed by atoms with Crippen molar-refractivity contribution in [3.05, 3.63) is 38.9 Å². The number of hydrogen-bond acceptors (Lipinski definition) is 3. The Kier molecular flexibility index (Phi) is 1.45. The zero-order valence-corrected chi connectivity index (χ0v) is 6.43. The smallest absolute Gasteiger partial charge is 0.267 e. The Hall–Kier alpha value is -2.04. The Labute approximate surface area is 72.2 Å². The highest BCUT2D eigenvalue weighted by Crippen LogP contribution is 2.01. The standard InChI is InChI=1S/C8H4N2O3/c11-7-4-5-2-1-3-6(10(12)13)8(5)9-7/h1-4H. The molecule has 0 saturated heterocycles. The van der Waals surface area contributed by atoms with Gasteiger partial charge >= 0.3 is 0 Å². The summed E-state index contributed by atoms with van der Waals surface area (Å²) >= 11 is 0. The molecule has 1 amide bonds. The van der Waals surface area contributed by atoms with Crippen LogP contribution in [-0.2, 0) is 4.79 Å². The van der Waals surface area contributed by atoms with Crippen molar-refractivity contribution in [3.8, 4) is 0 Å². The molecule has 1 aromatic rings. The van der Waals surface area contributed by atoms with Crippen molar-refractivity contribution < 1.29 is 9.72 Å². The van der Waals surface area contributed by atoms with Gasteiger partial charge < -0.3 is 0 Å². The van der Waals surface area contributed by atoms with E-state index in [2.05, 4.69) is 4.99 Å². The van der Waals surface area contributed by atoms with E-state index >= 15 is 0 Å². The summed E-state index contributed by atoms with van der Waals surface area (Å²) in [6.45, 7) is 0. The van der Waals surface area contributed by atoms with Crippen LogP contribution in [0.5, 0.6) is 0 Å². The number of amides is 1. The van der Waals surface area contributed by atoms with Gasteiger partial charge in [0, 0.05) is 17.4 Å². The van der Waals surface area contributed by atoms with Crippen molar-refractivity contribution in [2.45, 2.75) is 0 Å². The van der Waals surface area contributed by atoms with Crippen LogP contribution in [0.1, 0.15) is 0 Å². The van der Waals surface area contributed by atoms with E-state index in [-0.39, 0.29) is 11.0 Å². The minimum absolute atomic E-state index is 0.125. The fourth-order valence-corrected chi connectivity index (χ4v) is 1.21. The van der Waals surface area contributed by atoms with E-state index < -0.39 is 10.8 Å². The van der Waals surface area contributed by atoms with Crippen molar-refractivity contribution in [2.24, 2.45) is 4.99 Å². The zero-order chi connectivity index (χ0) is 9.42. The Morgan fingerprint density at radius 2 is 2.15 bits per heavy atom. The molecule has 13 heavy (non-hydrogen) atoms. The maximum atomic E-state index is 10.8. The number of nitrogens with zero attached hydrogens (tertiary/aromatic N) is 2. The first-order valence-corrected chi connectivity index (χ1v) is 3.56. The molecule has 0 saturated carbocycles. The molecule has 0 N–H and O–H groups in total. The lowest BCUT2D eigenvalue weighted by atomic mass is 10.2. The van der Waals surface area contributed by atoms with Gasteiger partial charge in [-0.15, -0.1) is 0 Å². The van der Waals surface area contributed by atoms with Gasteiger partial charge in [-0.25, -0.2) is 4.99 Å². The van der Waals surface area contributed by atoms with Gasteiger partial charge in [-0.3, -0.25) is 14.9 Å². The first-order valence-electron chi connectivity index (χ1n) is 3.56. The second-order valence-corrected chi connectivity index (χ2v) is 2.57. The Morgan fingerprint density at radius 1 is 1.38 bits per heavy atom. The maximum Gasteiger partial charge on any atom is 0.295 e. The van der Waals surface area contributed by atoms with Gasteiger partial charge in [0.1, 0.15) is 0 Å². The van der Waals surface area contributed by atoms with E-state index in [1.165, 1.54) is 18.2 Å². The van der Waals surface area contributed by atoms with E-state index in [0.717, 1.165) is 0 Å². The molecule has 2 rings (SSSR count). The fraction of sp³-hybridized carbons (Fsp3) is 0. The van der Waals surface area contributed by atoms with E-state index in [4.69, 9.17) is 0 Å². The molecule has 0 radical (unpaired) electrons. The number of rotatable bonds is 1. The van der Waals surface area contributed by atoms with Crippen LogP contribution in [0.15, 0.2) is 23.2 Å². The van der Waals surface area contributed by atoms with E-state index in [1.54, 1.807) is 6.07 Å². The SMILES string of the molecule is O=C1C=c2cccc([N+](=O)[O-])c2=N1. The number of non-ortho nitro benzene ring substituents is 1. The van der Waals surface area contributed by atoms with Gasteiger partial charge in [-0.05, 0) is 0 Å². The number of carbonyl (C=O) groups excluding carboxylic acids is 1. The number of nitro groups is 1. The summed E-state index contributed by atoms with van der Waals surface area (Å²) in [6.07, 6.45) is 1.28. The molecular weight excluding hydrogens is 172 g/mol. The second-order valence-electron chi connectivity index (χ2n) is 2.57. The van der Waals surface area contributed by atoms with Gasteiger partial charge in [0.2, 0.25) is 0 Å². The predicted octanol–water partition coefficient (Wildman–Crippen LogP) is -0.465. The number of nitro benzene ring substituents is 1. The normalized spacial score (nSPS) is 13.1. The quantitative estimate of drug-likeness (QED) is 0.429. The van der Waals surface area contributed by atoms with Crippen LogP contribution in [0.3, 0.4) is 0 Å². The zero-order valence-electron chi connectivity index (χ0n) is 6.43. The first kappa shape index (κ1) is 7.60. The molecule has 0 spiro atoms. The highest BCUT2D eigenvalue weighted by atomic mass is 16.6. The summed E-state index contributed by atoms with van der Waals surface area (Å²) in [6, 6.07) is 4.48. The van der Waals surface area contributed by atoms with Crippen LogP contribution < -0.4 is 10.6 Å². The molecule has 1 aliphatic rings. The predicted molar refractivity (Wildman–Crippen MR) is 43.3 cm³/mol. The van der Waals surface area contributed by atoms with Gasteiger partial charge in [-0.1, -0.05) is 12.1 Å².